The highest BCUT2D eigenvalue weighted by molar-refractivity contribution is 7.99. The molecule has 0 spiro atoms. The molecular formula is C14H20N2O2S. The Bertz CT molecular complexity index is 463. The van der Waals surface area contributed by atoms with Gasteiger partial charge in [0.25, 0.3) is 5.69 Å². The number of hydrogen-bond acceptors (Lipinski definition) is 4. The summed E-state index contributed by atoms with van der Waals surface area (Å²) in [5, 5.41) is 14.3. The van der Waals surface area contributed by atoms with Crippen molar-refractivity contribution < 1.29 is 4.92 Å². The topological polar surface area (TPSA) is 55.2 Å². The summed E-state index contributed by atoms with van der Waals surface area (Å²) in [5.41, 5.74) is 1.43. The third-order valence-electron chi connectivity index (χ3n) is 3.79. The number of nitrogens with zero attached hydrogens (tertiary/aromatic N) is 1. The van der Waals surface area contributed by atoms with Crippen molar-refractivity contribution in [3.63, 3.8) is 0 Å². The first-order chi connectivity index (χ1) is 8.99. The number of nitro benzene ring substituents is 1. The summed E-state index contributed by atoms with van der Waals surface area (Å²) in [7, 11) is 0. The minimum Gasteiger partial charge on any atom is -0.309 e. The lowest BCUT2D eigenvalue weighted by Crippen LogP contribution is -2.46. The lowest BCUT2D eigenvalue weighted by atomic mass is 9.82. The lowest BCUT2D eigenvalue weighted by Gasteiger charge is -2.38. The van der Waals surface area contributed by atoms with Gasteiger partial charge in [-0.25, -0.2) is 0 Å². The fourth-order valence-corrected chi connectivity index (χ4v) is 3.93. The Morgan fingerprint density at radius 2 is 2.32 bits per heavy atom. The summed E-state index contributed by atoms with van der Waals surface area (Å²) in [5.74, 6) is 2.34. The van der Waals surface area contributed by atoms with Gasteiger partial charge in [0, 0.05) is 30.5 Å². The van der Waals surface area contributed by atoms with Gasteiger partial charge < -0.3 is 5.32 Å². The second kappa shape index (κ2) is 5.92. The Labute approximate surface area is 118 Å². The lowest BCUT2D eigenvalue weighted by molar-refractivity contribution is -0.384. The van der Waals surface area contributed by atoms with E-state index < -0.39 is 0 Å². The molecule has 4 nitrogen and oxygen atoms in total. The summed E-state index contributed by atoms with van der Waals surface area (Å²) >= 11 is 1.98. The molecule has 1 saturated heterocycles. The predicted molar refractivity (Wildman–Crippen MR) is 79.4 cm³/mol. The minimum absolute atomic E-state index is 0.163. The van der Waals surface area contributed by atoms with Crippen LogP contribution in [-0.2, 0) is 6.54 Å². The van der Waals surface area contributed by atoms with E-state index in [1.54, 1.807) is 12.1 Å². The van der Waals surface area contributed by atoms with Gasteiger partial charge in [-0.05, 0) is 23.2 Å². The number of nitro groups is 1. The molecule has 1 aromatic carbocycles. The van der Waals surface area contributed by atoms with E-state index in [1.165, 1.54) is 18.2 Å². The zero-order valence-corrected chi connectivity index (χ0v) is 12.2. The minimum atomic E-state index is -0.343. The van der Waals surface area contributed by atoms with E-state index in [0.717, 1.165) is 11.3 Å². The third-order valence-corrected chi connectivity index (χ3v) is 4.85. The van der Waals surface area contributed by atoms with Crippen molar-refractivity contribution in [3.8, 4) is 0 Å². The molecule has 104 valence electrons. The largest absolute Gasteiger partial charge is 0.309 e. The van der Waals surface area contributed by atoms with E-state index >= 15 is 0 Å². The number of hydrogen-bond donors (Lipinski definition) is 1. The molecule has 2 rings (SSSR count). The smallest absolute Gasteiger partial charge is 0.269 e. The molecular weight excluding hydrogens is 260 g/mol. The van der Waals surface area contributed by atoms with Gasteiger partial charge in [-0.15, -0.1) is 0 Å². The molecule has 0 saturated carbocycles. The monoisotopic (exact) mass is 280 g/mol. The summed E-state index contributed by atoms with van der Waals surface area (Å²) in [6, 6.07) is 7.32. The molecule has 0 aromatic heterocycles. The van der Waals surface area contributed by atoms with E-state index in [9.17, 15) is 10.1 Å². The molecule has 0 bridgehead atoms. The first kappa shape index (κ1) is 14.3. The van der Waals surface area contributed by atoms with Crippen molar-refractivity contribution in [2.24, 2.45) is 5.41 Å². The van der Waals surface area contributed by atoms with Crippen molar-refractivity contribution in [3.05, 3.63) is 39.9 Å². The number of thioether (sulfide) groups is 1. The van der Waals surface area contributed by atoms with Crippen LogP contribution in [0.25, 0.3) is 0 Å². The summed E-state index contributed by atoms with van der Waals surface area (Å²) in [6.45, 7) is 5.27. The van der Waals surface area contributed by atoms with Crippen molar-refractivity contribution >= 4 is 17.4 Å². The van der Waals surface area contributed by atoms with E-state index in [-0.39, 0.29) is 10.6 Å². The predicted octanol–water partition coefficient (Wildman–Crippen LogP) is 3.22. The Hall–Kier alpha value is -1.07. The van der Waals surface area contributed by atoms with Gasteiger partial charge in [-0.1, -0.05) is 26.0 Å². The molecule has 1 atom stereocenters. The third kappa shape index (κ3) is 3.70. The Morgan fingerprint density at radius 3 is 3.00 bits per heavy atom. The van der Waals surface area contributed by atoms with Gasteiger partial charge in [0.2, 0.25) is 0 Å². The summed E-state index contributed by atoms with van der Waals surface area (Å²) in [6.07, 6.45) is 1.21. The van der Waals surface area contributed by atoms with Crippen LogP contribution < -0.4 is 5.32 Å². The molecule has 5 heteroatoms. The van der Waals surface area contributed by atoms with Gasteiger partial charge in [0.05, 0.1) is 4.92 Å². The summed E-state index contributed by atoms with van der Waals surface area (Å²) < 4.78 is 0. The molecule has 0 aliphatic carbocycles. The Morgan fingerprint density at radius 1 is 1.53 bits per heavy atom. The number of non-ortho nitro benzene ring substituents is 1. The molecule has 1 fully saturated rings. The van der Waals surface area contributed by atoms with Gasteiger partial charge >= 0.3 is 0 Å². The van der Waals surface area contributed by atoms with Crippen LogP contribution in [0.1, 0.15) is 25.8 Å². The van der Waals surface area contributed by atoms with Crippen LogP contribution in [0.3, 0.4) is 0 Å². The molecule has 19 heavy (non-hydrogen) atoms. The molecule has 1 aliphatic rings. The van der Waals surface area contributed by atoms with Crippen molar-refractivity contribution in [1.82, 2.24) is 5.32 Å². The zero-order valence-electron chi connectivity index (χ0n) is 11.4. The maximum Gasteiger partial charge on any atom is 0.269 e. The molecule has 1 aliphatic heterocycles. The second-order valence-corrected chi connectivity index (χ2v) is 6.82. The maximum absolute atomic E-state index is 10.7. The highest BCUT2D eigenvalue weighted by Crippen LogP contribution is 2.34. The Kier molecular flexibility index (Phi) is 4.47. The van der Waals surface area contributed by atoms with Crippen molar-refractivity contribution in [1.29, 1.82) is 0 Å². The zero-order chi connectivity index (χ0) is 13.9. The van der Waals surface area contributed by atoms with Gasteiger partial charge in [-0.2, -0.15) is 11.8 Å². The standard InChI is InChI=1S/C14H20N2O2S/c1-14(2)6-7-19-10-13(14)15-9-11-4-3-5-12(8-11)16(17)18/h3-5,8,13,15H,6-7,9-10H2,1-2H3. The summed E-state index contributed by atoms with van der Waals surface area (Å²) in [4.78, 5) is 10.4. The fraction of sp³-hybridized carbons (Fsp3) is 0.571. The Balaban J connectivity index is 1.98. The van der Waals surface area contributed by atoms with Crippen LogP contribution in [0.2, 0.25) is 0 Å². The van der Waals surface area contributed by atoms with Gasteiger partial charge in [0.1, 0.15) is 0 Å². The van der Waals surface area contributed by atoms with Crippen LogP contribution in [0.15, 0.2) is 24.3 Å². The van der Waals surface area contributed by atoms with Crippen LogP contribution in [0, 0.1) is 15.5 Å². The van der Waals surface area contributed by atoms with Crippen molar-refractivity contribution in [2.75, 3.05) is 11.5 Å². The molecule has 0 radical (unpaired) electrons. The van der Waals surface area contributed by atoms with Crippen molar-refractivity contribution in [2.45, 2.75) is 32.9 Å². The van der Waals surface area contributed by atoms with E-state index in [0.29, 0.717) is 18.0 Å². The van der Waals surface area contributed by atoms with Crippen LogP contribution in [-0.4, -0.2) is 22.5 Å². The first-order valence-corrected chi connectivity index (χ1v) is 7.69. The molecule has 1 N–H and O–H groups in total. The first-order valence-electron chi connectivity index (χ1n) is 6.53. The number of rotatable bonds is 4. The molecule has 0 amide bonds. The number of benzene rings is 1. The maximum atomic E-state index is 10.7. The van der Waals surface area contributed by atoms with Gasteiger partial charge in [-0.3, -0.25) is 10.1 Å². The van der Waals surface area contributed by atoms with Crippen LogP contribution in [0.5, 0.6) is 0 Å². The number of nitrogens with one attached hydrogen (secondary N) is 1. The molecule has 1 heterocycles. The SMILES string of the molecule is CC1(C)CCSCC1NCc1cccc([N+](=O)[O-])c1. The van der Waals surface area contributed by atoms with Crippen LogP contribution in [0.4, 0.5) is 5.69 Å². The normalized spacial score (nSPS) is 22.1. The molecule has 1 unspecified atom stereocenters. The highest BCUT2D eigenvalue weighted by atomic mass is 32.2. The average molecular weight is 280 g/mol. The van der Waals surface area contributed by atoms with E-state index in [4.69, 9.17) is 0 Å². The highest BCUT2D eigenvalue weighted by Gasteiger charge is 2.31. The molecule has 1 aromatic rings. The quantitative estimate of drug-likeness (QED) is 0.679. The van der Waals surface area contributed by atoms with E-state index in [2.05, 4.69) is 19.2 Å². The average Bonchev–Trinajstić information content (AvgIpc) is 2.37. The fourth-order valence-electron chi connectivity index (χ4n) is 2.29. The van der Waals surface area contributed by atoms with E-state index in [1.807, 2.05) is 17.8 Å². The second-order valence-electron chi connectivity index (χ2n) is 5.67. The van der Waals surface area contributed by atoms with Crippen LogP contribution >= 0.6 is 11.8 Å². The van der Waals surface area contributed by atoms with Gasteiger partial charge in [0.15, 0.2) is 0 Å².